The summed E-state index contributed by atoms with van der Waals surface area (Å²) < 4.78 is 0. The lowest BCUT2D eigenvalue weighted by molar-refractivity contribution is -0.120. The Balaban J connectivity index is 0.00000420. The van der Waals surface area contributed by atoms with E-state index in [1.54, 1.807) is 31.2 Å². The molecule has 2 rings (SSSR count). The zero-order chi connectivity index (χ0) is 20.6. The van der Waals surface area contributed by atoms with E-state index in [-0.39, 0.29) is 36.6 Å². The first-order valence-corrected chi connectivity index (χ1v) is 9.65. The van der Waals surface area contributed by atoms with Gasteiger partial charge in [0.15, 0.2) is 0 Å². The molecule has 0 spiro atoms. The summed E-state index contributed by atoms with van der Waals surface area (Å²) >= 11 is 0. The summed E-state index contributed by atoms with van der Waals surface area (Å²) in [7, 11) is 0. The number of anilines is 1. The minimum atomic E-state index is -1.15. The number of nitrogens with two attached hydrogens (primary N) is 1. The summed E-state index contributed by atoms with van der Waals surface area (Å²) in [5.74, 6) is -0.437. The molecule has 0 aliphatic heterocycles. The van der Waals surface area contributed by atoms with E-state index < -0.39 is 5.54 Å². The summed E-state index contributed by atoms with van der Waals surface area (Å²) in [6.45, 7) is 9.22. The SMILES string of the molecule is CCN(CC)CCNC(=O)c1ccc(NC(=O)C(C)(N)c2ccccc2)cc1.Cl.Cl. The third-order valence-electron chi connectivity index (χ3n) is 4.86. The molecule has 2 amide bonds. The van der Waals surface area contributed by atoms with Crippen molar-refractivity contribution in [2.45, 2.75) is 26.3 Å². The highest BCUT2D eigenvalue weighted by Gasteiger charge is 2.30. The van der Waals surface area contributed by atoms with Crippen LogP contribution in [0.4, 0.5) is 5.69 Å². The number of rotatable bonds is 9. The Morgan fingerprint density at radius 3 is 2.07 bits per heavy atom. The average molecular weight is 455 g/mol. The smallest absolute Gasteiger partial charge is 0.251 e. The Kier molecular flexibility index (Phi) is 12.3. The topological polar surface area (TPSA) is 87.5 Å². The van der Waals surface area contributed by atoms with E-state index in [0.717, 1.165) is 25.2 Å². The van der Waals surface area contributed by atoms with Crippen molar-refractivity contribution in [3.05, 3.63) is 65.7 Å². The van der Waals surface area contributed by atoms with E-state index in [1.165, 1.54) is 0 Å². The third-order valence-corrected chi connectivity index (χ3v) is 4.86. The van der Waals surface area contributed by atoms with Gasteiger partial charge in [-0.2, -0.15) is 0 Å². The van der Waals surface area contributed by atoms with E-state index in [4.69, 9.17) is 5.73 Å². The number of amides is 2. The molecule has 0 saturated carbocycles. The second kappa shape index (κ2) is 13.2. The zero-order valence-electron chi connectivity index (χ0n) is 17.7. The van der Waals surface area contributed by atoms with Crippen molar-refractivity contribution in [3.63, 3.8) is 0 Å². The van der Waals surface area contributed by atoms with Crippen LogP contribution in [0.3, 0.4) is 0 Å². The Labute approximate surface area is 191 Å². The molecule has 0 aromatic heterocycles. The first-order chi connectivity index (χ1) is 13.4. The van der Waals surface area contributed by atoms with Crippen LogP contribution in [-0.2, 0) is 10.3 Å². The van der Waals surface area contributed by atoms with Gasteiger partial charge in [0.1, 0.15) is 5.54 Å². The van der Waals surface area contributed by atoms with E-state index in [0.29, 0.717) is 17.8 Å². The van der Waals surface area contributed by atoms with Gasteiger partial charge in [0.25, 0.3) is 5.91 Å². The second-order valence-electron chi connectivity index (χ2n) is 6.88. The molecule has 0 radical (unpaired) electrons. The van der Waals surface area contributed by atoms with Crippen molar-refractivity contribution in [1.29, 1.82) is 0 Å². The van der Waals surface area contributed by atoms with Crippen LogP contribution in [0.25, 0.3) is 0 Å². The van der Waals surface area contributed by atoms with Gasteiger partial charge in [0, 0.05) is 24.3 Å². The highest BCUT2D eigenvalue weighted by molar-refractivity contribution is 5.99. The highest BCUT2D eigenvalue weighted by atomic mass is 35.5. The van der Waals surface area contributed by atoms with Crippen LogP contribution in [0.2, 0.25) is 0 Å². The minimum absolute atomic E-state index is 0. The lowest BCUT2D eigenvalue weighted by atomic mass is 9.92. The number of carbonyl (C=O) groups is 2. The number of hydrogen-bond donors (Lipinski definition) is 3. The molecule has 0 aliphatic carbocycles. The number of hydrogen-bond acceptors (Lipinski definition) is 4. The van der Waals surface area contributed by atoms with E-state index in [2.05, 4.69) is 29.4 Å². The van der Waals surface area contributed by atoms with Gasteiger partial charge >= 0.3 is 0 Å². The highest BCUT2D eigenvalue weighted by Crippen LogP contribution is 2.20. The zero-order valence-corrected chi connectivity index (χ0v) is 19.3. The largest absolute Gasteiger partial charge is 0.351 e. The molecule has 1 atom stereocenters. The van der Waals surface area contributed by atoms with Gasteiger partial charge in [-0.05, 0) is 49.8 Å². The van der Waals surface area contributed by atoms with Crippen LogP contribution < -0.4 is 16.4 Å². The number of benzene rings is 2. The van der Waals surface area contributed by atoms with E-state index >= 15 is 0 Å². The van der Waals surface area contributed by atoms with E-state index in [1.807, 2.05) is 30.3 Å². The fraction of sp³-hybridized carbons (Fsp3) is 0.364. The van der Waals surface area contributed by atoms with Crippen molar-refractivity contribution >= 4 is 42.3 Å². The molecule has 8 heteroatoms. The van der Waals surface area contributed by atoms with Gasteiger partial charge in [-0.1, -0.05) is 44.2 Å². The molecular weight excluding hydrogens is 423 g/mol. The lowest BCUT2D eigenvalue weighted by Gasteiger charge is -2.24. The molecule has 0 aliphatic rings. The monoisotopic (exact) mass is 454 g/mol. The number of nitrogens with zero attached hydrogens (tertiary/aromatic N) is 1. The summed E-state index contributed by atoms with van der Waals surface area (Å²) in [5.41, 5.74) is 6.96. The summed E-state index contributed by atoms with van der Waals surface area (Å²) in [4.78, 5) is 27.1. The maximum absolute atomic E-state index is 12.6. The van der Waals surface area contributed by atoms with Crippen molar-refractivity contribution < 1.29 is 9.59 Å². The lowest BCUT2D eigenvalue weighted by Crippen LogP contribution is -2.45. The fourth-order valence-electron chi connectivity index (χ4n) is 2.85. The molecule has 1 unspecified atom stereocenters. The van der Waals surface area contributed by atoms with Crippen molar-refractivity contribution in [2.75, 3.05) is 31.5 Å². The summed E-state index contributed by atoms with van der Waals surface area (Å²) in [6, 6.07) is 16.0. The van der Waals surface area contributed by atoms with Crippen molar-refractivity contribution in [2.24, 2.45) is 5.73 Å². The van der Waals surface area contributed by atoms with Crippen molar-refractivity contribution in [1.82, 2.24) is 10.2 Å². The predicted octanol–water partition coefficient (Wildman–Crippen LogP) is 3.41. The third kappa shape index (κ3) is 7.61. The quantitative estimate of drug-likeness (QED) is 0.541. The van der Waals surface area contributed by atoms with Gasteiger partial charge in [-0.3, -0.25) is 9.59 Å². The van der Waals surface area contributed by atoms with Crippen LogP contribution >= 0.6 is 24.8 Å². The number of nitrogens with one attached hydrogen (secondary N) is 2. The first-order valence-electron chi connectivity index (χ1n) is 9.65. The molecule has 4 N–H and O–H groups in total. The van der Waals surface area contributed by atoms with Crippen LogP contribution in [0, 0.1) is 0 Å². The van der Waals surface area contributed by atoms with Gasteiger partial charge in [-0.25, -0.2) is 0 Å². The number of likely N-dealkylation sites (N-methyl/N-ethyl adjacent to an activating group) is 1. The minimum Gasteiger partial charge on any atom is -0.351 e. The molecule has 0 saturated heterocycles. The number of halogens is 2. The number of carbonyl (C=O) groups excluding carboxylic acids is 2. The molecule has 0 fully saturated rings. The van der Waals surface area contributed by atoms with Gasteiger partial charge in [0.2, 0.25) is 5.91 Å². The van der Waals surface area contributed by atoms with Crippen LogP contribution in [0.1, 0.15) is 36.7 Å². The Hall–Kier alpha value is -2.12. The van der Waals surface area contributed by atoms with Crippen molar-refractivity contribution in [3.8, 4) is 0 Å². The molecule has 2 aromatic carbocycles. The maximum Gasteiger partial charge on any atom is 0.251 e. The van der Waals surface area contributed by atoms with Gasteiger partial charge < -0.3 is 21.3 Å². The summed E-state index contributed by atoms with van der Waals surface area (Å²) in [6.07, 6.45) is 0. The predicted molar refractivity (Wildman–Crippen MR) is 128 cm³/mol. The Bertz CT molecular complexity index is 779. The molecular formula is C22H32Cl2N4O2. The van der Waals surface area contributed by atoms with E-state index in [9.17, 15) is 9.59 Å². The summed E-state index contributed by atoms with van der Waals surface area (Å²) in [5, 5.41) is 5.73. The Morgan fingerprint density at radius 1 is 0.967 bits per heavy atom. The molecule has 0 bridgehead atoms. The molecule has 0 heterocycles. The fourth-order valence-corrected chi connectivity index (χ4v) is 2.85. The van der Waals surface area contributed by atoms with Crippen LogP contribution in [0.5, 0.6) is 0 Å². The van der Waals surface area contributed by atoms with Gasteiger partial charge in [-0.15, -0.1) is 24.8 Å². The van der Waals surface area contributed by atoms with Crippen LogP contribution in [0.15, 0.2) is 54.6 Å². The average Bonchev–Trinajstić information content (AvgIpc) is 2.72. The molecule has 30 heavy (non-hydrogen) atoms. The molecule has 166 valence electrons. The second-order valence-corrected chi connectivity index (χ2v) is 6.88. The molecule has 2 aromatic rings. The van der Waals surface area contributed by atoms with Gasteiger partial charge in [0.05, 0.1) is 0 Å². The van der Waals surface area contributed by atoms with Crippen LogP contribution in [-0.4, -0.2) is 42.9 Å². The normalized spacial score (nSPS) is 12.2. The maximum atomic E-state index is 12.6. The molecule has 6 nitrogen and oxygen atoms in total. The first kappa shape index (κ1) is 27.9. The standard InChI is InChI=1S/C22H30N4O2.2ClH/c1-4-26(5-2)16-15-24-20(27)17-11-13-19(14-12-17)25-21(28)22(3,23)18-9-7-6-8-10-18;;/h6-14H,4-5,15-16,23H2,1-3H3,(H,24,27)(H,25,28);2*1H. The Morgan fingerprint density at radius 2 is 1.53 bits per heavy atom.